The molecule has 0 bridgehead atoms. The second kappa shape index (κ2) is 8.45. The predicted molar refractivity (Wildman–Crippen MR) is 114 cm³/mol. The summed E-state index contributed by atoms with van der Waals surface area (Å²) >= 11 is 0. The highest BCUT2D eigenvalue weighted by Crippen LogP contribution is 2.23. The number of nitrogens with zero attached hydrogens (tertiary/aromatic N) is 4. The van der Waals surface area contributed by atoms with Crippen LogP contribution < -0.4 is 5.73 Å². The second-order valence-corrected chi connectivity index (χ2v) is 8.14. The maximum atomic E-state index is 12.9. The van der Waals surface area contributed by atoms with Crippen LogP contribution in [0.3, 0.4) is 0 Å². The Labute approximate surface area is 191 Å². The molecule has 1 saturated heterocycles. The first-order chi connectivity index (χ1) is 16.0. The van der Waals surface area contributed by atoms with E-state index in [9.17, 15) is 27.6 Å². The van der Waals surface area contributed by atoms with E-state index in [-0.39, 0.29) is 32.1 Å². The number of hydrogen-bond acceptors (Lipinski definition) is 5. The van der Waals surface area contributed by atoms with Crippen molar-refractivity contribution in [1.29, 1.82) is 0 Å². The Kier molecular flexibility index (Phi) is 5.77. The number of hydrogen-bond donors (Lipinski definition) is 1. The van der Waals surface area contributed by atoms with Gasteiger partial charge in [0.2, 0.25) is 0 Å². The van der Waals surface area contributed by atoms with Gasteiger partial charge in [-0.2, -0.15) is 18.3 Å². The van der Waals surface area contributed by atoms with Crippen molar-refractivity contribution in [1.82, 2.24) is 14.7 Å². The second-order valence-electron chi connectivity index (χ2n) is 8.14. The van der Waals surface area contributed by atoms with Crippen molar-refractivity contribution in [3.8, 4) is 5.69 Å². The van der Waals surface area contributed by atoms with Crippen molar-refractivity contribution in [3.05, 3.63) is 59.8 Å². The van der Waals surface area contributed by atoms with E-state index >= 15 is 0 Å². The Morgan fingerprint density at radius 1 is 1.06 bits per heavy atom. The summed E-state index contributed by atoms with van der Waals surface area (Å²) in [7, 11) is 1.37. The lowest BCUT2D eigenvalue weighted by Crippen LogP contribution is -2.59. The minimum Gasteiger partial charge on any atom is -0.366 e. The average Bonchev–Trinajstić information content (AvgIpc) is 3.22. The molecule has 0 saturated carbocycles. The molecule has 1 aromatic heterocycles. The first-order valence-electron chi connectivity index (χ1n) is 10.3. The fourth-order valence-electron chi connectivity index (χ4n) is 3.75. The van der Waals surface area contributed by atoms with E-state index in [1.807, 2.05) is 0 Å². The molecule has 178 valence electrons. The Morgan fingerprint density at radius 3 is 2.29 bits per heavy atom. The number of halogens is 3. The van der Waals surface area contributed by atoms with Gasteiger partial charge in [-0.05, 0) is 30.3 Å². The van der Waals surface area contributed by atoms with Crippen LogP contribution in [-0.2, 0) is 9.63 Å². The number of hydroxylamine groups is 3. The van der Waals surface area contributed by atoms with Gasteiger partial charge in [-0.25, -0.2) is 9.48 Å². The number of quaternary nitrogens is 1. The van der Waals surface area contributed by atoms with Gasteiger partial charge >= 0.3 is 12.1 Å². The quantitative estimate of drug-likeness (QED) is 0.580. The van der Waals surface area contributed by atoms with Crippen LogP contribution in [0.2, 0.25) is 0 Å². The molecule has 1 aliphatic heterocycles. The van der Waals surface area contributed by atoms with E-state index < -0.39 is 22.7 Å². The highest BCUT2D eigenvalue weighted by molar-refractivity contribution is 6.04. The number of carbonyl (C=O) groups is 3. The summed E-state index contributed by atoms with van der Waals surface area (Å²) in [5.41, 5.74) is 7.23. The van der Waals surface area contributed by atoms with Gasteiger partial charge < -0.3 is 10.6 Å². The minimum absolute atomic E-state index is 0.0354. The first-order valence-corrected chi connectivity index (χ1v) is 10.3. The van der Waals surface area contributed by atoms with Crippen molar-refractivity contribution in [2.24, 2.45) is 5.73 Å². The highest BCUT2D eigenvalue weighted by atomic mass is 19.4. The molecule has 2 N–H and O–H groups in total. The molecule has 0 atom stereocenters. The summed E-state index contributed by atoms with van der Waals surface area (Å²) in [4.78, 5) is 41.7. The SMILES string of the molecule is C[N+]1(OC(=O)C(F)(F)F)CCN(C(=O)c2ccc(-n3cc4cccc(C(N)=O)c4n3)cc2)CC1. The van der Waals surface area contributed by atoms with Gasteiger partial charge in [0.05, 0.1) is 24.3 Å². The number of carbonyl (C=O) groups excluding carboxylic acids is 3. The van der Waals surface area contributed by atoms with Crippen molar-refractivity contribution >= 4 is 28.7 Å². The maximum Gasteiger partial charge on any atom is 0.497 e. The molecule has 2 amide bonds. The molecule has 0 aliphatic carbocycles. The first kappa shape index (κ1) is 23.2. The number of piperazine rings is 1. The molecule has 2 aromatic carbocycles. The third-order valence-electron chi connectivity index (χ3n) is 5.69. The molecular formula is C22H21F3N5O4+. The van der Waals surface area contributed by atoms with Crippen LogP contribution in [0.5, 0.6) is 0 Å². The van der Waals surface area contributed by atoms with Gasteiger partial charge in [0.1, 0.15) is 25.7 Å². The van der Waals surface area contributed by atoms with Crippen LogP contribution in [0.1, 0.15) is 20.7 Å². The number of fused-ring (bicyclic) bond motifs is 1. The molecule has 1 fully saturated rings. The molecule has 2 heterocycles. The third-order valence-corrected chi connectivity index (χ3v) is 5.69. The lowest BCUT2D eigenvalue weighted by molar-refractivity contribution is -1.08. The van der Waals surface area contributed by atoms with E-state index in [1.165, 1.54) is 11.9 Å². The van der Waals surface area contributed by atoms with Crippen molar-refractivity contribution in [2.45, 2.75) is 6.18 Å². The maximum absolute atomic E-state index is 12.9. The van der Waals surface area contributed by atoms with Crippen molar-refractivity contribution < 1.29 is 37.0 Å². The van der Waals surface area contributed by atoms with E-state index in [2.05, 4.69) is 9.94 Å². The van der Waals surface area contributed by atoms with Gasteiger partial charge in [-0.15, -0.1) is 4.65 Å². The average molecular weight is 476 g/mol. The largest absolute Gasteiger partial charge is 0.497 e. The summed E-state index contributed by atoms with van der Waals surface area (Å²) in [6, 6.07) is 11.7. The van der Waals surface area contributed by atoms with Gasteiger partial charge in [0.25, 0.3) is 11.8 Å². The monoisotopic (exact) mass is 476 g/mol. The van der Waals surface area contributed by atoms with Gasteiger partial charge in [0.15, 0.2) is 0 Å². The van der Waals surface area contributed by atoms with E-state index in [1.54, 1.807) is 53.3 Å². The van der Waals surface area contributed by atoms with Crippen LogP contribution in [0.25, 0.3) is 16.6 Å². The van der Waals surface area contributed by atoms with Crippen LogP contribution in [0, 0.1) is 0 Å². The van der Waals surface area contributed by atoms with E-state index in [0.717, 1.165) is 5.39 Å². The third kappa shape index (κ3) is 4.57. The smallest absolute Gasteiger partial charge is 0.366 e. The Morgan fingerprint density at radius 2 is 1.71 bits per heavy atom. The molecule has 4 rings (SSSR count). The normalized spacial score (nSPS) is 15.8. The summed E-state index contributed by atoms with van der Waals surface area (Å²) in [6.45, 7) is 0.326. The molecule has 0 radical (unpaired) electrons. The summed E-state index contributed by atoms with van der Waals surface area (Å²) in [5, 5.41) is 5.16. The fourth-order valence-corrected chi connectivity index (χ4v) is 3.75. The number of likely N-dealkylation sites (N-methyl/N-ethyl adjacent to an activating group) is 1. The number of aromatic nitrogens is 2. The molecule has 9 nitrogen and oxygen atoms in total. The van der Waals surface area contributed by atoms with Crippen LogP contribution in [0.4, 0.5) is 13.2 Å². The topological polar surface area (TPSA) is 108 Å². The van der Waals surface area contributed by atoms with E-state index in [4.69, 9.17) is 5.73 Å². The number of alkyl halides is 3. The number of nitrogens with two attached hydrogens (primary N) is 1. The van der Waals surface area contributed by atoms with Crippen LogP contribution >= 0.6 is 0 Å². The zero-order valence-corrected chi connectivity index (χ0v) is 18.1. The zero-order chi connectivity index (χ0) is 24.7. The molecule has 1 aliphatic rings. The Balaban J connectivity index is 1.44. The minimum atomic E-state index is -5.07. The van der Waals surface area contributed by atoms with Gasteiger partial charge in [0, 0.05) is 17.1 Å². The molecule has 3 aromatic rings. The summed E-state index contributed by atoms with van der Waals surface area (Å²) < 4.78 is 38.5. The Bertz CT molecular complexity index is 1260. The molecule has 0 unspecified atom stereocenters. The lowest BCUT2D eigenvalue weighted by Gasteiger charge is -2.38. The van der Waals surface area contributed by atoms with Gasteiger partial charge in [-0.1, -0.05) is 12.1 Å². The number of primary amides is 1. The predicted octanol–water partition coefficient (Wildman–Crippen LogP) is 2.05. The zero-order valence-electron chi connectivity index (χ0n) is 18.1. The number of rotatable bonds is 4. The van der Waals surface area contributed by atoms with E-state index in [0.29, 0.717) is 22.3 Å². The number of amides is 2. The van der Waals surface area contributed by atoms with Crippen LogP contribution in [-0.4, -0.2) is 76.5 Å². The highest BCUT2D eigenvalue weighted by Gasteiger charge is 2.47. The molecular weight excluding hydrogens is 455 g/mol. The van der Waals surface area contributed by atoms with Gasteiger partial charge in [-0.3, -0.25) is 14.4 Å². The number of benzene rings is 2. The molecule has 12 heteroatoms. The molecule has 34 heavy (non-hydrogen) atoms. The Hall–Kier alpha value is -3.93. The standard InChI is InChI=1S/C22H20F3N5O4/c1-30(34-21(33)22(23,24)25)11-9-28(10-12-30)20(32)14-5-7-16(8-6-14)29-13-15-3-2-4-17(19(26)31)18(15)27-29/h2-8,13H,9-12H2,1H3,(H-,26,31)/p+1. The van der Waals surface area contributed by atoms with Crippen LogP contribution in [0.15, 0.2) is 48.7 Å². The molecule has 0 spiro atoms. The summed E-state index contributed by atoms with van der Waals surface area (Å²) in [5.74, 6) is -3.12. The van der Waals surface area contributed by atoms with Crippen molar-refractivity contribution in [2.75, 3.05) is 33.2 Å². The van der Waals surface area contributed by atoms with Crippen molar-refractivity contribution in [3.63, 3.8) is 0 Å². The lowest BCUT2D eigenvalue weighted by atomic mass is 10.1. The summed E-state index contributed by atoms with van der Waals surface area (Å²) in [6.07, 6.45) is -3.33. The fraction of sp³-hybridized carbons (Fsp3) is 0.273.